The van der Waals surface area contributed by atoms with Crippen LogP contribution < -0.4 is 4.90 Å². The van der Waals surface area contributed by atoms with E-state index in [9.17, 15) is 0 Å². The number of hydrogen-bond donors (Lipinski definition) is 0. The van der Waals surface area contributed by atoms with Gasteiger partial charge < -0.3 is 9.32 Å². The highest BCUT2D eigenvalue weighted by Crippen LogP contribution is 2.46. The summed E-state index contributed by atoms with van der Waals surface area (Å²) in [7, 11) is 0. The molecule has 1 aromatic heterocycles. The molecule has 11 aromatic rings. The quantitative estimate of drug-likeness (QED) is 0.168. The van der Waals surface area contributed by atoms with E-state index < -0.39 is 0 Å². The van der Waals surface area contributed by atoms with Gasteiger partial charge in [-0.25, -0.2) is 0 Å². The molecule has 0 spiro atoms. The number of fused-ring (bicyclic) bond motifs is 10. The maximum absolute atomic E-state index is 6.46. The largest absolute Gasteiger partial charge is 0.456 e. The van der Waals surface area contributed by atoms with E-state index in [4.69, 9.17) is 4.42 Å². The summed E-state index contributed by atoms with van der Waals surface area (Å²) in [5.41, 5.74) is 9.65. The topological polar surface area (TPSA) is 16.4 Å². The van der Waals surface area contributed by atoms with E-state index in [-0.39, 0.29) is 0 Å². The van der Waals surface area contributed by atoms with Crippen LogP contribution in [0.4, 0.5) is 17.1 Å². The minimum Gasteiger partial charge on any atom is -0.456 e. The average Bonchev–Trinajstić information content (AvgIpc) is 3.62. The van der Waals surface area contributed by atoms with E-state index in [0.717, 1.165) is 50.1 Å². The third-order valence-electron chi connectivity index (χ3n) is 11.0. The molecule has 2 nitrogen and oxygen atoms in total. The van der Waals surface area contributed by atoms with Gasteiger partial charge in [-0.3, -0.25) is 0 Å². The highest BCUT2D eigenvalue weighted by molar-refractivity contribution is 6.28. The van der Waals surface area contributed by atoms with Crippen molar-refractivity contribution in [2.75, 3.05) is 4.90 Å². The van der Waals surface area contributed by atoms with Gasteiger partial charge in [0.1, 0.15) is 11.2 Å². The molecule has 0 radical (unpaired) electrons. The molecule has 0 fully saturated rings. The van der Waals surface area contributed by atoms with Gasteiger partial charge in [0.15, 0.2) is 0 Å². The van der Waals surface area contributed by atoms with Crippen molar-refractivity contribution in [3.63, 3.8) is 0 Å². The summed E-state index contributed by atoms with van der Waals surface area (Å²) in [6.45, 7) is 0. The summed E-state index contributed by atoms with van der Waals surface area (Å²) < 4.78 is 6.46. The van der Waals surface area contributed by atoms with Crippen molar-refractivity contribution in [1.82, 2.24) is 0 Å². The number of benzene rings is 10. The fourth-order valence-corrected chi connectivity index (χ4v) is 8.55. The molecule has 0 N–H and O–H groups in total. The van der Waals surface area contributed by atoms with Gasteiger partial charge in [-0.1, -0.05) is 158 Å². The molecule has 0 atom stereocenters. The van der Waals surface area contributed by atoms with Gasteiger partial charge in [-0.05, 0) is 96.2 Å². The summed E-state index contributed by atoms with van der Waals surface area (Å²) in [5, 5.41) is 12.4. The minimum absolute atomic E-state index is 0.867. The van der Waals surface area contributed by atoms with Crippen molar-refractivity contribution in [2.24, 2.45) is 0 Å². The maximum Gasteiger partial charge on any atom is 0.137 e. The Morgan fingerprint density at radius 1 is 0.315 bits per heavy atom. The zero-order valence-corrected chi connectivity index (χ0v) is 29.4. The van der Waals surface area contributed by atoms with Crippen LogP contribution in [0.5, 0.6) is 0 Å². The first-order chi connectivity index (χ1) is 26.8. The van der Waals surface area contributed by atoms with Gasteiger partial charge >= 0.3 is 0 Å². The van der Waals surface area contributed by atoms with Gasteiger partial charge in [-0.2, -0.15) is 0 Å². The average molecular weight is 688 g/mol. The fraction of sp³-hybridized carbons (Fsp3) is 0. The Kier molecular flexibility index (Phi) is 6.90. The highest BCUT2D eigenvalue weighted by Gasteiger charge is 2.21. The molecule has 0 aliphatic rings. The predicted octanol–water partition coefficient (Wildman–Crippen LogP) is 15.0. The van der Waals surface area contributed by atoms with Gasteiger partial charge in [0.05, 0.1) is 5.69 Å². The second-order valence-electron chi connectivity index (χ2n) is 14.1. The Morgan fingerprint density at radius 2 is 0.907 bits per heavy atom. The molecule has 0 saturated carbocycles. The van der Waals surface area contributed by atoms with Crippen molar-refractivity contribution in [3.8, 4) is 22.3 Å². The SMILES string of the molecule is c1ccc(-c2cccc(N(c3ccc4c(c3)oc3ccccc34)c3ccccc3-c3cccc4c3ccc3ccc5ccc6ccccc6c5c34)c2)cc1. The first-order valence-corrected chi connectivity index (χ1v) is 18.5. The molecule has 1 heterocycles. The number of para-hydroxylation sites is 2. The van der Waals surface area contributed by atoms with Crippen molar-refractivity contribution in [3.05, 3.63) is 200 Å². The van der Waals surface area contributed by atoms with Crippen LogP contribution >= 0.6 is 0 Å². The Bertz CT molecular complexity index is 3220. The van der Waals surface area contributed by atoms with Crippen LogP contribution in [0, 0.1) is 0 Å². The number of hydrogen-bond acceptors (Lipinski definition) is 2. The molecule has 0 aliphatic heterocycles. The van der Waals surface area contributed by atoms with Crippen LogP contribution in [-0.2, 0) is 0 Å². The van der Waals surface area contributed by atoms with E-state index in [0.29, 0.717) is 0 Å². The molecule has 2 heteroatoms. The molecule has 0 aliphatic carbocycles. The van der Waals surface area contributed by atoms with Crippen molar-refractivity contribution < 1.29 is 4.42 Å². The predicted molar refractivity (Wildman–Crippen MR) is 229 cm³/mol. The van der Waals surface area contributed by atoms with Gasteiger partial charge in [0.2, 0.25) is 0 Å². The molecular formula is C52H33NO. The molecular weight excluding hydrogens is 655 g/mol. The fourth-order valence-electron chi connectivity index (χ4n) is 8.55. The third-order valence-corrected chi connectivity index (χ3v) is 11.0. The second kappa shape index (κ2) is 12.2. The summed E-state index contributed by atoms with van der Waals surface area (Å²) >= 11 is 0. The van der Waals surface area contributed by atoms with E-state index in [1.165, 1.54) is 54.2 Å². The Morgan fingerprint density at radius 3 is 1.80 bits per heavy atom. The molecule has 10 aromatic carbocycles. The van der Waals surface area contributed by atoms with Crippen molar-refractivity contribution >= 4 is 82.1 Å². The second-order valence-corrected chi connectivity index (χ2v) is 14.1. The van der Waals surface area contributed by atoms with Crippen LogP contribution in [0.15, 0.2) is 205 Å². The van der Waals surface area contributed by atoms with E-state index in [1.54, 1.807) is 0 Å². The number of nitrogens with zero attached hydrogens (tertiary/aromatic N) is 1. The van der Waals surface area contributed by atoms with Crippen LogP contribution in [0.2, 0.25) is 0 Å². The first kappa shape index (κ1) is 30.5. The van der Waals surface area contributed by atoms with Crippen molar-refractivity contribution in [2.45, 2.75) is 0 Å². The molecule has 0 saturated heterocycles. The molecule has 0 amide bonds. The lowest BCUT2D eigenvalue weighted by molar-refractivity contribution is 0.669. The molecule has 54 heavy (non-hydrogen) atoms. The molecule has 0 bridgehead atoms. The van der Waals surface area contributed by atoms with Crippen LogP contribution in [0.25, 0.3) is 87.3 Å². The summed E-state index contributed by atoms with van der Waals surface area (Å²) in [5.74, 6) is 0. The zero-order chi connectivity index (χ0) is 35.6. The monoisotopic (exact) mass is 687 g/mol. The highest BCUT2D eigenvalue weighted by atomic mass is 16.3. The number of furan rings is 1. The molecule has 11 rings (SSSR count). The van der Waals surface area contributed by atoms with Gasteiger partial charge in [0, 0.05) is 33.8 Å². The summed E-state index contributed by atoms with van der Waals surface area (Å²) in [6.07, 6.45) is 0. The summed E-state index contributed by atoms with van der Waals surface area (Å²) in [4.78, 5) is 2.39. The maximum atomic E-state index is 6.46. The number of rotatable bonds is 5. The lowest BCUT2D eigenvalue weighted by Gasteiger charge is -2.28. The Hall–Kier alpha value is -7.16. The summed E-state index contributed by atoms with van der Waals surface area (Å²) in [6, 6.07) is 72.3. The van der Waals surface area contributed by atoms with Gasteiger partial charge in [-0.15, -0.1) is 0 Å². The normalized spacial score (nSPS) is 11.7. The zero-order valence-electron chi connectivity index (χ0n) is 29.4. The lowest BCUT2D eigenvalue weighted by Crippen LogP contribution is -2.11. The van der Waals surface area contributed by atoms with Crippen LogP contribution in [0.3, 0.4) is 0 Å². The standard InChI is InChI=1S/C52H33NO/c1-2-12-34(13-3-1)38-15-10-16-39(32-38)53(40-29-31-46-45-19-7-9-23-49(45)54-50(46)33-40)48-22-8-6-18-44(48)42-20-11-21-47-43(42)30-28-37-27-26-36-25-24-35-14-4-5-17-41(35)51(36)52(37)47/h1-33H. The lowest BCUT2D eigenvalue weighted by atomic mass is 9.90. The Labute approximate surface area is 312 Å². The molecule has 0 unspecified atom stereocenters. The van der Waals surface area contributed by atoms with Crippen molar-refractivity contribution in [1.29, 1.82) is 0 Å². The van der Waals surface area contributed by atoms with E-state index >= 15 is 0 Å². The van der Waals surface area contributed by atoms with E-state index in [1.807, 2.05) is 12.1 Å². The smallest absolute Gasteiger partial charge is 0.137 e. The van der Waals surface area contributed by atoms with E-state index in [2.05, 4.69) is 193 Å². The van der Waals surface area contributed by atoms with Crippen LogP contribution in [-0.4, -0.2) is 0 Å². The van der Waals surface area contributed by atoms with Crippen LogP contribution in [0.1, 0.15) is 0 Å². The van der Waals surface area contributed by atoms with Gasteiger partial charge in [0.25, 0.3) is 0 Å². The Balaban J connectivity index is 1.17. The third kappa shape index (κ3) is 4.81. The first-order valence-electron chi connectivity index (χ1n) is 18.5. The molecule has 252 valence electrons. The number of anilines is 3. The minimum atomic E-state index is 0.867.